The SMILES string of the molecule is Cc1ccc(C(=O)O)cc1NC1CCOCC1. The van der Waals surface area contributed by atoms with Crippen LogP contribution in [-0.4, -0.2) is 30.3 Å². The normalized spacial score (nSPS) is 16.8. The third-order valence-corrected chi connectivity index (χ3v) is 3.07. The van der Waals surface area contributed by atoms with E-state index in [1.54, 1.807) is 12.1 Å². The van der Waals surface area contributed by atoms with E-state index in [0.29, 0.717) is 11.6 Å². The highest BCUT2D eigenvalue weighted by atomic mass is 16.5. The molecule has 92 valence electrons. The van der Waals surface area contributed by atoms with Gasteiger partial charge in [0.1, 0.15) is 0 Å². The zero-order valence-corrected chi connectivity index (χ0v) is 9.90. The van der Waals surface area contributed by atoms with Crippen molar-refractivity contribution in [2.24, 2.45) is 0 Å². The molecule has 1 heterocycles. The molecule has 0 amide bonds. The summed E-state index contributed by atoms with van der Waals surface area (Å²) in [5.74, 6) is -0.889. The van der Waals surface area contributed by atoms with Crippen molar-refractivity contribution in [2.45, 2.75) is 25.8 Å². The number of rotatable bonds is 3. The Kier molecular flexibility index (Phi) is 3.64. The van der Waals surface area contributed by atoms with Crippen molar-refractivity contribution in [2.75, 3.05) is 18.5 Å². The molecule has 0 spiro atoms. The quantitative estimate of drug-likeness (QED) is 0.843. The molecule has 1 saturated heterocycles. The van der Waals surface area contributed by atoms with E-state index in [1.165, 1.54) is 0 Å². The number of carboxylic acids is 1. The summed E-state index contributed by atoms with van der Waals surface area (Å²) in [5.41, 5.74) is 2.31. The van der Waals surface area contributed by atoms with E-state index in [1.807, 2.05) is 13.0 Å². The molecule has 17 heavy (non-hydrogen) atoms. The Morgan fingerprint density at radius 2 is 2.12 bits per heavy atom. The number of aryl methyl sites for hydroxylation is 1. The van der Waals surface area contributed by atoms with Gasteiger partial charge in [0.2, 0.25) is 0 Å². The lowest BCUT2D eigenvalue weighted by Crippen LogP contribution is -2.28. The number of ether oxygens (including phenoxy) is 1. The second kappa shape index (κ2) is 5.19. The summed E-state index contributed by atoms with van der Waals surface area (Å²) >= 11 is 0. The second-order valence-corrected chi connectivity index (χ2v) is 4.37. The van der Waals surface area contributed by atoms with Crippen LogP contribution in [0.5, 0.6) is 0 Å². The molecule has 1 aliphatic heterocycles. The molecule has 1 aliphatic rings. The Morgan fingerprint density at radius 3 is 2.76 bits per heavy atom. The minimum Gasteiger partial charge on any atom is -0.478 e. The summed E-state index contributed by atoms with van der Waals surface area (Å²) in [6.07, 6.45) is 1.94. The van der Waals surface area contributed by atoms with Crippen LogP contribution in [-0.2, 0) is 4.74 Å². The minimum atomic E-state index is -0.889. The maximum atomic E-state index is 10.9. The molecule has 4 nitrogen and oxygen atoms in total. The summed E-state index contributed by atoms with van der Waals surface area (Å²) < 4.78 is 5.30. The van der Waals surface area contributed by atoms with Gasteiger partial charge in [-0.2, -0.15) is 0 Å². The molecule has 0 saturated carbocycles. The first-order valence-corrected chi connectivity index (χ1v) is 5.85. The number of carbonyl (C=O) groups is 1. The van der Waals surface area contributed by atoms with Gasteiger partial charge in [0, 0.05) is 24.9 Å². The van der Waals surface area contributed by atoms with Crippen LogP contribution in [0.1, 0.15) is 28.8 Å². The Balaban J connectivity index is 2.13. The fraction of sp³-hybridized carbons (Fsp3) is 0.462. The number of aromatic carboxylic acids is 1. The molecule has 2 rings (SSSR count). The molecule has 0 aromatic heterocycles. The summed E-state index contributed by atoms with van der Waals surface area (Å²) in [4.78, 5) is 10.9. The van der Waals surface area contributed by atoms with Crippen LogP contribution in [0.3, 0.4) is 0 Å². The van der Waals surface area contributed by atoms with Crippen LogP contribution >= 0.6 is 0 Å². The fourth-order valence-electron chi connectivity index (χ4n) is 1.97. The zero-order chi connectivity index (χ0) is 12.3. The van der Waals surface area contributed by atoms with Gasteiger partial charge in [-0.1, -0.05) is 6.07 Å². The van der Waals surface area contributed by atoms with Gasteiger partial charge in [-0.25, -0.2) is 4.79 Å². The predicted molar refractivity (Wildman–Crippen MR) is 65.6 cm³/mol. The van der Waals surface area contributed by atoms with Gasteiger partial charge in [-0.3, -0.25) is 0 Å². The molecule has 0 bridgehead atoms. The van der Waals surface area contributed by atoms with E-state index in [-0.39, 0.29) is 0 Å². The highest BCUT2D eigenvalue weighted by molar-refractivity contribution is 5.89. The topological polar surface area (TPSA) is 58.6 Å². The average molecular weight is 235 g/mol. The number of nitrogens with one attached hydrogen (secondary N) is 1. The van der Waals surface area contributed by atoms with Crippen LogP contribution in [0.2, 0.25) is 0 Å². The van der Waals surface area contributed by atoms with E-state index in [2.05, 4.69) is 5.32 Å². The number of hydrogen-bond acceptors (Lipinski definition) is 3. The first kappa shape index (κ1) is 11.9. The lowest BCUT2D eigenvalue weighted by atomic mass is 10.1. The number of benzene rings is 1. The third kappa shape index (κ3) is 2.97. The van der Waals surface area contributed by atoms with Crippen molar-refractivity contribution in [1.29, 1.82) is 0 Å². The van der Waals surface area contributed by atoms with Gasteiger partial charge in [0.05, 0.1) is 5.56 Å². The van der Waals surface area contributed by atoms with Gasteiger partial charge < -0.3 is 15.2 Å². The molecule has 2 N–H and O–H groups in total. The largest absolute Gasteiger partial charge is 0.478 e. The number of anilines is 1. The van der Waals surface area contributed by atoms with Crippen molar-refractivity contribution in [3.63, 3.8) is 0 Å². The predicted octanol–water partition coefficient (Wildman–Crippen LogP) is 2.28. The molecule has 4 heteroatoms. The number of carboxylic acid groups (broad SMARTS) is 1. The van der Waals surface area contributed by atoms with Crippen LogP contribution in [0.4, 0.5) is 5.69 Å². The Morgan fingerprint density at radius 1 is 1.41 bits per heavy atom. The summed E-state index contributed by atoms with van der Waals surface area (Å²) in [6, 6.07) is 5.55. The Hall–Kier alpha value is -1.55. The Bertz CT molecular complexity index is 411. The second-order valence-electron chi connectivity index (χ2n) is 4.37. The van der Waals surface area contributed by atoms with Crippen molar-refractivity contribution in [3.8, 4) is 0 Å². The van der Waals surface area contributed by atoms with Gasteiger partial charge >= 0.3 is 5.97 Å². The van der Waals surface area contributed by atoms with Crippen molar-refractivity contribution in [3.05, 3.63) is 29.3 Å². The average Bonchev–Trinajstić information content (AvgIpc) is 2.33. The molecule has 0 radical (unpaired) electrons. The van der Waals surface area contributed by atoms with Crippen LogP contribution in [0.25, 0.3) is 0 Å². The van der Waals surface area contributed by atoms with Crippen molar-refractivity contribution >= 4 is 11.7 Å². The van der Waals surface area contributed by atoms with Crippen molar-refractivity contribution in [1.82, 2.24) is 0 Å². The minimum absolute atomic E-state index is 0.324. The first-order chi connectivity index (χ1) is 8.16. The van der Waals surface area contributed by atoms with E-state index in [0.717, 1.165) is 37.3 Å². The molecule has 1 aromatic rings. The highest BCUT2D eigenvalue weighted by Crippen LogP contribution is 2.20. The van der Waals surface area contributed by atoms with E-state index >= 15 is 0 Å². The summed E-state index contributed by atoms with van der Waals surface area (Å²) in [7, 11) is 0. The first-order valence-electron chi connectivity index (χ1n) is 5.85. The molecule has 0 atom stereocenters. The van der Waals surface area contributed by atoms with Crippen molar-refractivity contribution < 1.29 is 14.6 Å². The lowest BCUT2D eigenvalue weighted by molar-refractivity contribution is 0.0696. The van der Waals surface area contributed by atoms with E-state index in [9.17, 15) is 4.79 Å². The highest BCUT2D eigenvalue weighted by Gasteiger charge is 2.15. The zero-order valence-electron chi connectivity index (χ0n) is 9.90. The van der Waals surface area contributed by atoms with Gasteiger partial charge in [-0.15, -0.1) is 0 Å². The summed E-state index contributed by atoms with van der Waals surface area (Å²) in [5, 5.41) is 12.4. The third-order valence-electron chi connectivity index (χ3n) is 3.07. The van der Waals surface area contributed by atoms with Crippen LogP contribution in [0, 0.1) is 6.92 Å². The molecule has 1 fully saturated rings. The standard InChI is InChI=1S/C13H17NO3/c1-9-2-3-10(13(15)16)8-12(9)14-11-4-6-17-7-5-11/h2-3,8,11,14H,4-7H2,1H3,(H,15,16). The van der Waals surface area contributed by atoms with Gasteiger partial charge in [0.25, 0.3) is 0 Å². The fourth-order valence-corrected chi connectivity index (χ4v) is 1.97. The molecular weight excluding hydrogens is 218 g/mol. The van der Waals surface area contributed by atoms with Crippen LogP contribution in [0.15, 0.2) is 18.2 Å². The summed E-state index contributed by atoms with van der Waals surface area (Å²) in [6.45, 7) is 3.53. The molecular formula is C13H17NO3. The van der Waals surface area contributed by atoms with Crippen LogP contribution < -0.4 is 5.32 Å². The monoisotopic (exact) mass is 235 g/mol. The molecule has 0 aliphatic carbocycles. The lowest BCUT2D eigenvalue weighted by Gasteiger charge is -2.25. The van der Waals surface area contributed by atoms with E-state index < -0.39 is 5.97 Å². The Labute approximate surface area is 101 Å². The number of hydrogen-bond donors (Lipinski definition) is 2. The van der Waals surface area contributed by atoms with E-state index in [4.69, 9.17) is 9.84 Å². The maximum Gasteiger partial charge on any atom is 0.335 e. The van der Waals surface area contributed by atoms with Gasteiger partial charge in [-0.05, 0) is 37.5 Å². The van der Waals surface area contributed by atoms with Gasteiger partial charge in [0.15, 0.2) is 0 Å². The molecule has 0 unspecified atom stereocenters. The molecule has 1 aromatic carbocycles. The smallest absolute Gasteiger partial charge is 0.335 e. The maximum absolute atomic E-state index is 10.9.